The molecule has 8 nitrogen and oxygen atoms in total. The van der Waals surface area contributed by atoms with E-state index in [1.54, 1.807) is 16.8 Å². The van der Waals surface area contributed by atoms with Crippen LogP contribution in [0.1, 0.15) is 19.8 Å². The lowest BCUT2D eigenvalue weighted by atomic mass is 10.1. The molecule has 132 valence electrons. The van der Waals surface area contributed by atoms with Crippen LogP contribution in [-0.4, -0.2) is 59.9 Å². The van der Waals surface area contributed by atoms with Gasteiger partial charge in [-0.25, -0.2) is 8.72 Å². The van der Waals surface area contributed by atoms with Crippen LogP contribution in [-0.2, 0) is 11.1 Å². The van der Waals surface area contributed by atoms with Crippen molar-refractivity contribution in [2.45, 2.75) is 25.8 Å². The van der Waals surface area contributed by atoms with Crippen molar-refractivity contribution in [3.05, 3.63) is 17.3 Å². The van der Waals surface area contributed by atoms with E-state index in [0.717, 1.165) is 25.9 Å². The first-order valence-electron chi connectivity index (χ1n) is 7.81. The van der Waals surface area contributed by atoms with E-state index in [0.29, 0.717) is 29.0 Å². The highest BCUT2D eigenvalue weighted by molar-refractivity contribution is 7.79. The summed E-state index contributed by atoms with van der Waals surface area (Å²) in [6.07, 6.45) is 3.48. The van der Waals surface area contributed by atoms with E-state index in [9.17, 15) is 4.21 Å². The smallest absolute Gasteiger partial charge is 0.243 e. The Morgan fingerprint density at radius 2 is 2.25 bits per heavy atom. The van der Waals surface area contributed by atoms with Gasteiger partial charge in [-0.1, -0.05) is 11.6 Å². The number of hydrogen-bond donors (Lipinski definition) is 2. The molecule has 1 fully saturated rings. The molecule has 1 aliphatic rings. The van der Waals surface area contributed by atoms with Crippen molar-refractivity contribution in [3.63, 3.8) is 0 Å². The van der Waals surface area contributed by atoms with Gasteiger partial charge in [0.1, 0.15) is 5.88 Å². The van der Waals surface area contributed by atoms with Gasteiger partial charge >= 0.3 is 0 Å². The molecule has 2 aromatic rings. The molecule has 0 aromatic carbocycles. The quantitative estimate of drug-likeness (QED) is 0.746. The van der Waals surface area contributed by atoms with E-state index in [-0.39, 0.29) is 11.9 Å². The summed E-state index contributed by atoms with van der Waals surface area (Å²) >= 11 is 4.38. The highest BCUT2D eigenvalue weighted by Crippen LogP contribution is 2.29. The van der Waals surface area contributed by atoms with Crippen LogP contribution in [0.4, 0.5) is 5.95 Å². The SMILES string of the molecule is CCOc1c(Cl)ccn2nc(NC3CCN(CS(=O)O)CC3)nc12. The molecule has 1 atom stereocenters. The van der Waals surface area contributed by atoms with Gasteiger partial charge in [-0.15, -0.1) is 5.10 Å². The van der Waals surface area contributed by atoms with Crippen LogP contribution in [0.15, 0.2) is 12.3 Å². The van der Waals surface area contributed by atoms with E-state index < -0.39 is 11.1 Å². The average molecular weight is 374 g/mol. The highest BCUT2D eigenvalue weighted by Gasteiger charge is 2.21. The van der Waals surface area contributed by atoms with Crippen molar-refractivity contribution >= 4 is 34.3 Å². The molecule has 0 radical (unpaired) electrons. The molecule has 0 saturated carbocycles. The van der Waals surface area contributed by atoms with Crippen LogP contribution in [0.25, 0.3) is 5.65 Å². The molecule has 1 saturated heterocycles. The fourth-order valence-corrected chi connectivity index (χ4v) is 3.55. The number of ether oxygens (including phenoxy) is 1. The van der Waals surface area contributed by atoms with Crippen molar-refractivity contribution in [3.8, 4) is 5.75 Å². The highest BCUT2D eigenvalue weighted by atomic mass is 35.5. The first kappa shape index (κ1) is 17.4. The van der Waals surface area contributed by atoms with Crippen molar-refractivity contribution in [2.24, 2.45) is 0 Å². The molecular formula is C14H20ClN5O3S. The maximum atomic E-state index is 10.9. The van der Waals surface area contributed by atoms with E-state index in [2.05, 4.69) is 15.4 Å². The Kier molecular flexibility index (Phi) is 5.54. The maximum absolute atomic E-state index is 10.9. The molecule has 0 amide bonds. The van der Waals surface area contributed by atoms with Gasteiger partial charge in [0.2, 0.25) is 11.6 Å². The topological polar surface area (TPSA) is 92.0 Å². The molecule has 2 N–H and O–H groups in total. The Labute approximate surface area is 147 Å². The minimum atomic E-state index is -1.78. The monoisotopic (exact) mass is 373 g/mol. The van der Waals surface area contributed by atoms with Crippen LogP contribution in [0.2, 0.25) is 5.02 Å². The molecule has 0 spiro atoms. The predicted octanol–water partition coefficient (Wildman–Crippen LogP) is 1.84. The summed E-state index contributed by atoms with van der Waals surface area (Å²) in [5, 5.41) is 8.25. The Hall–Kier alpha value is -1.42. The zero-order chi connectivity index (χ0) is 17.1. The summed E-state index contributed by atoms with van der Waals surface area (Å²) in [4.78, 5) is 6.47. The minimum Gasteiger partial charge on any atom is -0.488 e. The van der Waals surface area contributed by atoms with Crippen molar-refractivity contribution < 1.29 is 13.5 Å². The molecule has 2 aromatic heterocycles. The van der Waals surface area contributed by atoms with Gasteiger partial charge in [-0.2, -0.15) is 4.98 Å². The number of aromatic nitrogens is 3. The summed E-state index contributed by atoms with van der Waals surface area (Å²) in [7, 11) is 0. The van der Waals surface area contributed by atoms with E-state index >= 15 is 0 Å². The first-order chi connectivity index (χ1) is 11.6. The number of hydrogen-bond acceptors (Lipinski definition) is 6. The van der Waals surface area contributed by atoms with Crippen molar-refractivity contribution in [2.75, 3.05) is 30.9 Å². The summed E-state index contributed by atoms with van der Waals surface area (Å²) < 4.78 is 27.0. The van der Waals surface area contributed by atoms with Crippen LogP contribution < -0.4 is 10.1 Å². The zero-order valence-electron chi connectivity index (χ0n) is 13.3. The fourth-order valence-electron chi connectivity index (χ4n) is 2.78. The van der Waals surface area contributed by atoms with Crippen LogP contribution in [0.3, 0.4) is 0 Å². The summed E-state index contributed by atoms with van der Waals surface area (Å²) in [6, 6.07) is 1.96. The third-order valence-corrected chi connectivity index (χ3v) is 4.80. The molecule has 0 bridgehead atoms. The number of fused-ring (bicyclic) bond motifs is 1. The minimum absolute atomic E-state index is 0.204. The van der Waals surface area contributed by atoms with Gasteiger partial charge < -0.3 is 14.6 Å². The Morgan fingerprint density at radius 1 is 1.50 bits per heavy atom. The second kappa shape index (κ2) is 7.64. The number of anilines is 1. The fraction of sp³-hybridized carbons (Fsp3) is 0.571. The van der Waals surface area contributed by atoms with Crippen molar-refractivity contribution in [1.29, 1.82) is 0 Å². The Bertz CT molecular complexity index is 733. The van der Waals surface area contributed by atoms with E-state index in [1.165, 1.54) is 0 Å². The second-order valence-corrected chi connectivity index (χ2v) is 6.93. The number of nitrogens with one attached hydrogen (secondary N) is 1. The van der Waals surface area contributed by atoms with Crippen molar-refractivity contribution in [1.82, 2.24) is 19.5 Å². The first-order valence-corrected chi connectivity index (χ1v) is 9.46. The molecule has 24 heavy (non-hydrogen) atoms. The summed E-state index contributed by atoms with van der Waals surface area (Å²) in [6.45, 7) is 3.93. The summed E-state index contributed by atoms with van der Waals surface area (Å²) in [5.41, 5.74) is 0.583. The van der Waals surface area contributed by atoms with Gasteiger partial charge in [-0.05, 0) is 25.8 Å². The van der Waals surface area contributed by atoms with Crippen LogP contribution in [0, 0.1) is 0 Å². The van der Waals surface area contributed by atoms with Gasteiger partial charge in [0, 0.05) is 25.3 Å². The lowest BCUT2D eigenvalue weighted by Crippen LogP contribution is -2.40. The predicted molar refractivity (Wildman–Crippen MR) is 93.0 cm³/mol. The third kappa shape index (κ3) is 3.97. The molecule has 10 heteroatoms. The maximum Gasteiger partial charge on any atom is 0.243 e. The lowest BCUT2D eigenvalue weighted by Gasteiger charge is -2.30. The lowest BCUT2D eigenvalue weighted by molar-refractivity contribution is 0.247. The Balaban J connectivity index is 1.68. The van der Waals surface area contributed by atoms with Crippen LogP contribution >= 0.6 is 11.6 Å². The zero-order valence-corrected chi connectivity index (χ0v) is 14.9. The molecule has 1 unspecified atom stereocenters. The molecule has 3 heterocycles. The number of piperidine rings is 1. The van der Waals surface area contributed by atoms with Gasteiger partial charge in [0.25, 0.3) is 0 Å². The molecule has 1 aliphatic heterocycles. The van der Waals surface area contributed by atoms with Gasteiger partial charge in [0.05, 0.1) is 11.6 Å². The van der Waals surface area contributed by atoms with Crippen LogP contribution in [0.5, 0.6) is 5.75 Å². The number of pyridine rings is 1. The number of nitrogens with zero attached hydrogens (tertiary/aromatic N) is 4. The second-order valence-electron chi connectivity index (χ2n) is 5.62. The Morgan fingerprint density at radius 3 is 2.92 bits per heavy atom. The van der Waals surface area contributed by atoms with Gasteiger partial charge in [-0.3, -0.25) is 4.90 Å². The third-order valence-electron chi connectivity index (χ3n) is 3.92. The average Bonchev–Trinajstić information content (AvgIpc) is 2.94. The number of rotatable bonds is 6. The van der Waals surface area contributed by atoms with Gasteiger partial charge in [0.15, 0.2) is 16.8 Å². The number of likely N-dealkylation sites (tertiary alicyclic amines) is 1. The molecule has 0 aliphatic carbocycles. The van der Waals surface area contributed by atoms with E-state index in [4.69, 9.17) is 20.9 Å². The molecular weight excluding hydrogens is 354 g/mol. The van der Waals surface area contributed by atoms with E-state index in [1.807, 2.05) is 11.8 Å². The number of halogens is 1. The molecule has 3 rings (SSSR count). The normalized spacial score (nSPS) is 18.0. The standard InChI is InChI=1S/C14H20ClN5O3S/c1-2-23-12-11(15)5-8-20-13(12)17-14(18-20)16-10-3-6-19(7-4-10)9-24(21)22/h5,8,10H,2-4,6-7,9H2,1H3,(H,16,18)(H,21,22). The summed E-state index contributed by atoms with van der Waals surface area (Å²) in [5.74, 6) is 1.26. The largest absolute Gasteiger partial charge is 0.488 e.